The van der Waals surface area contributed by atoms with E-state index in [1.54, 1.807) is 11.6 Å². The number of rotatable bonds is 1. The van der Waals surface area contributed by atoms with Gasteiger partial charge in [0.15, 0.2) is 0 Å². The van der Waals surface area contributed by atoms with Crippen LogP contribution < -0.4 is 5.43 Å². The van der Waals surface area contributed by atoms with Crippen molar-refractivity contribution in [2.75, 3.05) is 0 Å². The SMILES string of the molecule is Cn1cc(C(=O)O)c(=O)c2sc3ccccc3c21. The van der Waals surface area contributed by atoms with Crippen molar-refractivity contribution in [1.82, 2.24) is 4.57 Å². The Balaban J connectivity index is 2.60. The van der Waals surface area contributed by atoms with Crippen molar-refractivity contribution in [3.63, 3.8) is 0 Å². The summed E-state index contributed by atoms with van der Waals surface area (Å²) in [4.78, 5) is 23.1. The number of aromatic carboxylic acids is 1. The van der Waals surface area contributed by atoms with Crippen LogP contribution in [0.1, 0.15) is 10.4 Å². The van der Waals surface area contributed by atoms with Gasteiger partial charge in [-0.1, -0.05) is 18.2 Å². The van der Waals surface area contributed by atoms with Gasteiger partial charge in [0.05, 0.1) is 5.52 Å². The molecule has 90 valence electrons. The number of hydrogen-bond acceptors (Lipinski definition) is 3. The first kappa shape index (κ1) is 11.0. The minimum atomic E-state index is -1.19. The lowest BCUT2D eigenvalue weighted by molar-refractivity contribution is 0.0695. The van der Waals surface area contributed by atoms with Crippen molar-refractivity contribution >= 4 is 37.6 Å². The van der Waals surface area contributed by atoms with E-state index in [0.717, 1.165) is 15.6 Å². The van der Waals surface area contributed by atoms with Crippen LogP contribution in [0.15, 0.2) is 35.3 Å². The van der Waals surface area contributed by atoms with E-state index in [9.17, 15) is 9.59 Å². The van der Waals surface area contributed by atoms with Crippen molar-refractivity contribution in [3.05, 3.63) is 46.2 Å². The predicted octanol–water partition coefficient (Wildman–Crippen LogP) is 2.45. The fourth-order valence-corrected chi connectivity index (χ4v) is 3.32. The molecule has 3 aromatic rings. The summed E-state index contributed by atoms with van der Waals surface area (Å²) < 4.78 is 3.19. The molecule has 0 atom stereocenters. The van der Waals surface area contributed by atoms with Gasteiger partial charge in [0, 0.05) is 23.3 Å². The monoisotopic (exact) mass is 259 g/mol. The highest BCUT2D eigenvalue weighted by Crippen LogP contribution is 2.31. The Hall–Kier alpha value is -2.14. The number of hydrogen-bond donors (Lipinski definition) is 1. The molecular weight excluding hydrogens is 250 g/mol. The zero-order valence-corrected chi connectivity index (χ0v) is 10.3. The average molecular weight is 259 g/mol. The molecule has 0 saturated heterocycles. The van der Waals surface area contributed by atoms with Crippen LogP contribution in [0, 0.1) is 0 Å². The van der Waals surface area contributed by atoms with Gasteiger partial charge >= 0.3 is 5.97 Å². The molecule has 18 heavy (non-hydrogen) atoms. The summed E-state index contributed by atoms with van der Waals surface area (Å²) in [6, 6.07) is 7.68. The Morgan fingerprint density at radius 3 is 2.78 bits per heavy atom. The number of carbonyl (C=O) groups is 1. The molecule has 4 nitrogen and oxygen atoms in total. The van der Waals surface area contributed by atoms with E-state index in [-0.39, 0.29) is 5.56 Å². The Morgan fingerprint density at radius 2 is 2.06 bits per heavy atom. The second kappa shape index (κ2) is 3.68. The highest BCUT2D eigenvalue weighted by molar-refractivity contribution is 7.25. The second-order valence-corrected chi connectivity index (χ2v) is 5.12. The van der Waals surface area contributed by atoms with Crippen LogP contribution in [-0.2, 0) is 7.05 Å². The van der Waals surface area contributed by atoms with E-state index >= 15 is 0 Å². The number of aryl methyl sites for hydroxylation is 1. The number of nitrogens with zero attached hydrogens (tertiary/aromatic N) is 1. The van der Waals surface area contributed by atoms with Crippen molar-refractivity contribution in [1.29, 1.82) is 0 Å². The summed E-state index contributed by atoms with van der Waals surface area (Å²) in [5.41, 5.74) is 0.207. The van der Waals surface area contributed by atoms with Gasteiger partial charge in [-0.15, -0.1) is 11.3 Å². The van der Waals surface area contributed by atoms with E-state index in [4.69, 9.17) is 5.11 Å². The third-order valence-electron chi connectivity index (χ3n) is 2.93. The maximum absolute atomic E-state index is 12.1. The van der Waals surface area contributed by atoms with Gasteiger partial charge in [0.25, 0.3) is 0 Å². The van der Waals surface area contributed by atoms with Crippen LogP contribution in [0.5, 0.6) is 0 Å². The van der Waals surface area contributed by atoms with Gasteiger partial charge in [-0.25, -0.2) is 4.79 Å². The summed E-state index contributed by atoms with van der Waals surface area (Å²) in [5.74, 6) is -1.19. The Kier molecular flexibility index (Phi) is 2.24. The summed E-state index contributed by atoms with van der Waals surface area (Å²) in [7, 11) is 1.76. The Bertz CT molecular complexity index is 844. The molecule has 0 radical (unpaired) electrons. The van der Waals surface area contributed by atoms with Crippen LogP contribution in [0.3, 0.4) is 0 Å². The quantitative estimate of drug-likeness (QED) is 0.730. The standard InChI is InChI=1S/C13H9NO3S/c1-14-6-8(13(16)17)11(15)12-10(14)7-4-2-3-5-9(7)18-12/h2-6H,1H3,(H,16,17). The number of fused-ring (bicyclic) bond motifs is 3. The third kappa shape index (κ3) is 1.37. The summed E-state index contributed by atoms with van der Waals surface area (Å²) in [6.07, 6.45) is 1.38. The molecule has 1 N–H and O–H groups in total. The van der Waals surface area contributed by atoms with Crippen LogP contribution in [0.25, 0.3) is 20.3 Å². The predicted molar refractivity (Wildman–Crippen MR) is 71.5 cm³/mol. The number of thiophene rings is 1. The molecule has 2 heterocycles. The van der Waals surface area contributed by atoms with Gasteiger partial charge in [0.2, 0.25) is 5.43 Å². The molecule has 0 aliphatic heterocycles. The number of carboxylic acids is 1. The van der Waals surface area contributed by atoms with Crippen molar-refractivity contribution < 1.29 is 9.90 Å². The van der Waals surface area contributed by atoms with Gasteiger partial charge < -0.3 is 9.67 Å². The molecule has 0 spiro atoms. The number of aromatic nitrogens is 1. The Morgan fingerprint density at radius 1 is 1.33 bits per heavy atom. The highest BCUT2D eigenvalue weighted by atomic mass is 32.1. The van der Waals surface area contributed by atoms with E-state index in [1.165, 1.54) is 17.5 Å². The fraction of sp³-hybridized carbons (Fsp3) is 0.0769. The first-order chi connectivity index (χ1) is 8.59. The molecule has 0 unspecified atom stereocenters. The molecule has 0 aliphatic rings. The van der Waals surface area contributed by atoms with Crippen molar-refractivity contribution in [3.8, 4) is 0 Å². The lowest BCUT2D eigenvalue weighted by Gasteiger charge is -2.03. The maximum Gasteiger partial charge on any atom is 0.341 e. The first-order valence-electron chi connectivity index (χ1n) is 5.34. The molecule has 5 heteroatoms. The van der Waals surface area contributed by atoms with Gasteiger partial charge in [-0.2, -0.15) is 0 Å². The largest absolute Gasteiger partial charge is 0.477 e. The number of carboxylic acid groups (broad SMARTS) is 1. The maximum atomic E-state index is 12.1. The van der Waals surface area contributed by atoms with Crippen LogP contribution in [-0.4, -0.2) is 15.6 Å². The Labute approximate surface area is 106 Å². The van der Waals surface area contributed by atoms with Crippen LogP contribution in [0.2, 0.25) is 0 Å². The number of benzene rings is 1. The van der Waals surface area contributed by atoms with Gasteiger partial charge in [-0.3, -0.25) is 4.79 Å². The lowest BCUT2D eigenvalue weighted by atomic mass is 10.2. The third-order valence-corrected chi connectivity index (χ3v) is 4.08. The van der Waals surface area contributed by atoms with Crippen molar-refractivity contribution in [2.24, 2.45) is 7.05 Å². The van der Waals surface area contributed by atoms with E-state index in [0.29, 0.717) is 4.70 Å². The molecule has 1 aromatic carbocycles. The van der Waals surface area contributed by atoms with E-state index < -0.39 is 11.4 Å². The fourth-order valence-electron chi connectivity index (χ4n) is 2.13. The second-order valence-electron chi connectivity index (χ2n) is 4.06. The normalized spacial score (nSPS) is 11.2. The molecule has 3 rings (SSSR count). The van der Waals surface area contributed by atoms with Crippen molar-refractivity contribution in [2.45, 2.75) is 0 Å². The molecule has 0 saturated carbocycles. The summed E-state index contributed by atoms with van der Waals surface area (Å²) in [6.45, 7) is 0. The molecular formula is C13H9NO3S. The molecule has 0 fully saturated rings. The van der Waals surface area contributed by atoms with E-state index in [2.05, 4.69) is 0 Å². The topological polar surface area (TPSA) is 59.3 Å². The summed E-state index contributed by atoms with van der Waals surface area (Å²) in [5, 5.41) is 10.00. The highest BCUT2D eigenvalue weighted by Gasteiger charge is 2.16. The zero-order chi connectivity index (χ0) is 12.9. The van der Waals surface area contributed by atoms with Gasteiger partial charge in [0.1, 0.15) is 10.3 Å². The average Bonchev–Trinajstić information content (AvgIpc) is 2.73. The smallest absolute Gasteiger partial charge is 0.341 e. The minimum absolute atomic E-state index is 0.184. The van der Waals surface area contributed by atoms with Gasteiger partial charge in [-0.05, 0) is 6.07 Å². The van der Waals surface area contributed by atoms with E-state index in [1.807, 2.05) is 24.3 Å². The minimum Gasteiger partial charge on any atom is -0.477 e. The first-order valence-corrected chi connectivity index (χ1v) is 6.15. The lowest BCUT2D eigenvalue weighted by Crippen LogP contribution is -2.16. The molecule has 0 amide bonds. The molecule has 0 aliphatic carbocycles. The summed E-state index contributed by atoms with van der Waals surface area (Å²) >= 11 is 1.34. The molecule has 2 aromatic heterocycles. The van der Waals surface area contributed by atoms with Crippen LogP contribution in [0.4, 0.5) is 0 Å². The van der Waals surface area contributed by atoms with Crippen LogP contribution >= 0.6 is 11.3 Å². The molecule has 0 bridgehead atoms. The zero-order valence-electron chi connectivity index (χ0n) is 9.51. The number of pyridine rings is 1.